The normalized spacial score (nSPS) is 15.1. The van der Waals surface area contributed by atoms with Crippen LogP contribution in [0.5, 0.6) is 5.75 Å². The number of aryl methyl sites for hydroxylation is 1. The fraction of sp³-hybridized carbons (Fsp3) is 0.529. The number of hydrogen-bond acceptors (Lipinski definition) is 4. The van der Waals surface area contributed by atoms with Crippen molar-refractivity contribution >= 4 is 35.0 Å². The van der Waals surface area contributed by atoms with Gasteiger partial charge in [-0.05, 0) is 30.5 Å². The molecule has 0 radical (unpaired) electrons. The first kappa shape index (κ1) is 17.9. The van der Waals surface area contributed by atoms with Gasteiger partial charge >= 0.3 is 0 Å². The lowest BCUT2D eigenvalue weighted by Gasteiger charge is -2.07. The first-order chi connectivity index (χ1) is 11.7. The molecule has 1 fully saturated rings. The van der Waals surface area contributed by atoms with Crippen molar-refractivity contribution in [1.29, 1.82) is 0 Å². The van der Waals surface area contributed by atoms with Gasteiger partial charge in [0.1, 0.15) is 11.6 Å². The minimum absolute atomic E-state index is 0.527. The van der Waals surface area contributed by atoms with E-state index in [1.54, 1.807) is 30.0 Å². The zero-order valence-corrected chi connectivity index (χ0v) is 15.8. The number of aromatic amines is 1. The quantitative estimate of drug-likeness (QED) is 0.487. The van der Waals surface area contributed by atoms with Gasteiger partial charge in [0.05, 0.1) is 11.6 Å². The van der Waals surface area contributed by atoms with Gasteiger partial charge in [-0.2, -0.15) is 0 Å². The van der Waals surface area contributed by atoms with Crippen molar-refractivity contribution in [3.63, 3.8) is 0 Å². The third-order valence-corrected chi connectivity index (χ3v) is 5.58. The second kappa shape index (κ2) is 8.97. The molecule has 1 aliphatic rings. The highest BCUT2D eigenvalue weighted by molar-refractivity contribution is 7.99. The smallest absolute Gasteiger partial charge is 0.208 e. The lowest BCUT2D eigenvalue weighted by atomic mass is 10.0. The Morgan fingerprint density at radius 3 is 2.88 bits per heavy atom. The molecule has 7 heteroatoms. The van der Waals surface area contributed by atoms with Crippen molar-refractivity contribution in [3.8, 4) is 5.75 Å². The molecule has 2 aromatic rings. The van der Waals surface area contributed by atoms with Crippen LogP contribution in [0.4, 0.5) is 0 Å². The van der Waals surface area contributed by atoms with Crippen molar-refractivity contribution in [1.82, 2.24) is 15.2 Å². The molecule has 1 aromatic heterocycles. The summed E-state index contributed by atoms with van der Waals surface area (Å²) in [6.45, 7) is 0.540. The van der Waals surface area contributed by atoms with E-state index >= 15 is 0 Å². The van der Waals surface area contributed by atoms with E-state index in [9.17, 15) is 0 Å². The van der Waals surface area contributed by atoms with Crippen molar-refractivity contribution in [3.05, 3.63) is 34.1 Å². The van der Waals surface area contributed by atoms with E-state index in [0.717, 1.165) is 29.1 Å². The van der Waals surface area contributed by atoms with Crippen LogP contribution in [0.1, 0.15) is 37.9 Å². The number of thioether (sulfide) groups is 1. The van der Waals surface area contributed by atoms with E-state index in [4.69, 9.17) is 27.9 Å². The van der Waals surface area contributed by atoms with Gasteiger partial charge in [0, 0.05) is 17.2 Å². The standard InChI is InChI=1S/C17H21Cl2N3OS/c18-13-6-7-15(14(19)11-13)23-9-10-24-17-20-16(21-22-17)8-5-12-3-1-2-4-12/h6-7,11-12H,1-5,8-10H2,(H,20,21,22). The monoisotopic (exact) mass is 385 g/mol. The lowest BCUT2D eigenvalue weighted by Crippen LogP contribution is -2.01. The zero-order chi connectivity index (χ0) is 16.8. The van der Waals surface area contributed by atoms with Gasteiger partial charge in [0.25, 0.3) is 0 Å². The summed E-state index contributed by atoms with van der Waals surface area (Å²) >= 11 is 13.5. The summed E-state index contributed by atoms with van der Waals surface area (Å²) in [5, 5.41) is 9.22. The molecule has 0 atom stereocenters. The molecule has 0 bridgehead atoms. The van der Waals surface area contributed by atoms with Crippen LogP contribution in [0.2, 0.25) is 10.0 Å². The number of rotatable bonds is 8. The van der Waals surface area contributed by atoms with Crippen LogP contribution >= 0.6 is 35.0 Å². The highest BCUT2D eigenvalue weighted by atomic mass is 35.5. The molecule has 1 N–H and O–H groups in total. The van der Waals surface area contributed by atoms with E-state index in [1.165, 1.54) is 32.1 Å². The number of aromatic nitrogens is 3. The average Bonchev–Trinajstić information content (AvgIpc) is 3.23. The molecule has 4 nitrogen and oxygen atoms in total. The molecular formula is C17H21Cl2N3OS. The van der Waals surface area contributed by atoms with Gasteiger partial charge in [-0.25, -0.2) is 4.98 Å². The maximum Gasteiger partial charge on any atom is 0.208 e. The Hall–Kier alpha value is -0.910. The number of ether oxygens (including phenoxy) is 1. The topological polar surface area (TPSA) is 50.8 Å². The average molecular weight is 386 g/mol. The predicted molar refractivity (Wildman–Crippen MR) is 99.3 cm³/mol. The highest BCUT2D eigenvalue weighted by Gasteiger charge is 2.15. The van der Waals surface area contributed by atoms with Gasteiger partial charge in [-0.1, -0.05) is 60.6 Å². The molecule has 0 spiro atoms. The summed E-state index contributed by atoms with van der Waals surface area (Å²) in [5.74, 6) is 3.28. The van der Waals surface area contributed by atoms with Crippen LogP contribution in [-0.2, 0) is 6.42 Å². The van der Waals surface area contributed by atoms with Crippen molar-refractivity contribution in [2.24, 2.45) is 5.92 Å². The first-order valence-electron chi connectivity index (χ1n) is 8.32. The maximum absolute atomic E-state index is 6.07. The Kier molecular flexibility index (Phi) is 6.69. The summed E-state index contributed by atoms with van der Waals surface area (Å²) in [6.07, 6.45) is 7.74. The number of nitrogens with one attached hydrogen (secondary N) is 1. The second-order valence-electron chi connectivity index (χ2n) is 6.03. The van der Waals surface area contributed by atoms with Gasteiger partial charge in [-0.3, -0.25) is 5.10 Å². The molecule has 0 unspecified atom stereocenters. The summed E-state index contributed by atoms with van der Waals surface area (Å²) in [5.41, 5.74) is 0. The molecule has 0 saturated heterocycles. The van der Waals surface area contributed by atoms with Crippen LogP contribution in [-0.4, -0.2) is 27.5 Å². The summed E-state index contributed by atoms with van der Waals surface area (Å²) < 4.78 is 5.66. The van der Waals surface area contributed by atoms with Crippen LogP contribution in [0, 0.1) is 5.92 Å². The molecule has 1 aromatic carbocycles. The Balaban J connectivity index is 1.37. The Labute approximate surface area is 156 Å². The van der Waals surface area contributed by atoms with Crippen molar-refractivity contribution in [2.75, 3.05) is 12.4 Å². The van der Waals surface area contributed by atoms with Crippen LogP contribution in [0.15, 0.2) is 23.4 Å². The summed E-state index contributed by atoms with van der Waals surface area (Å²) in [4.78, 5) is 4.54. The van der Waals surface area contributed by atoms with Gasteiger partial charge < -0.3 is 4.74 Å². The summed E-state index contributed by atoms with van der Waals surface area (Å²) in [6, 6.07) is 5.22. The number of benzene rings is 1. The van der Waals surface area contributed by atoms with Gasteiger partial charge in [0.15, 0.2) is 0 Å². The number of halogens is 2. The third-order valence-electron chi connectivity index (χ3n) is 4.24. The maximum atomic E-state index is 6.07. The Morgan fingerprint density at radius 1 is 1.25 bits per heavy atom. The van der Waals surface area contributed by atoms with Crippen LogP contribution in [0.25, 0.3) is 0 Å². The molecule has 24 heavy (non-hydrogen) atoms. The minimum atomic E-state index is 0.527. The number of H-pyrrole nitrogens is 1. The lowest BCUT2D eigenvalue weighted by molar-refractivity contribution is 0.344. The van der Waals surface area contributed by atoms with E-state index in [2.05, 4.69) is 15.2 Å². The SMILES string of the molecule is Clc1ccc(OCCSc2n[nH]c(CCC3CCCC3)n2)c(Cl)c1. The zero-order valence-electron chi connectivity index (χ0n) is 13.4. The predicted octanol–water partition coefficient (Wildman–Crippen LogP) is 5.41. The molecule has 0 aliphatic heterocycles. The first-order valence-corrected chi connectivity index (χ1v) is 10.1. The molecule has 130 valence electrons. The molecule has 3 rings (SSSR count). The van der Waals surface area contributed by atoms with E-state index in [-0.39, 0.29) is 0 Å². The van der Waals surface area contributed by atoms with E-state index < -0.39 is 0 Å². The fourth-order valence-electron chi connectivity index (χ4n) is 2.97. The highest BCUT2D eigenvalue weighted by Crippen LogP contribution is 2.29. The molecule has 1 saturated carbocycles. The number of nitrogens with zero attached hydrogens (tertiary/aromatic N) is 2. The Bertz CT molecular complexity index is 659. The fourth-order valence-corrected chi connectivity index (χ4v) is 4.07. The molecular weight excluding hydrogens is 365 g/mol. The molecule has 1 heterocycles. The van der Waals surface area contributed by atoms with E-state index in [0.29, 0.717) is 22.4 Å². The van der Waals surface area contributed by atoms with Gasteiger partial charge in [-0.15, -0.1) is 5.10 Å². The third kappa shape index (κ3) is 5.30. The van der Waals surface area contributed by atoms with Crippen molar-refractivity contribution < 1.29 is 4.74 Å². The van der Waals surface area contributed by atoms with Gasteiger partial charge in [0.2, 0.25) is 5.16 Å². The minimum Gasteiger partial charge on any atom is -0.491 e. The largest absolute Gasteiger partial charge is 0.491 e. The number of hydrogen-bond donors (Lipinski definition) is 1. The second-order valence-corrected chi connectivity index (χ2v) is 7.93. The molecule has 1 aliphatic carbocycles. The Morgan fingerprint density at radius 2 is 2.08 bits per heavy atom. The van der Waals surface area contributed by atoms with Crippen LogP contribution in [0.3, 0.4) is 0 Å². The van der Waals surface area contributed by atoms with Crippen molar-refractivity contribution in [2.45, 2.75) is 43.7 Å². The summed E-state index contributed by atoms with van der Waals surface area (Å²) in [7, 11) is 0. The van der Waals surface area contributed by atoms with Crippen LogP contribution < -0.4 is 4.74 Å². The van der Waals surface area contributed by atoms with E-state index in [1.807, 2.05) is 0 Å². The molecule has 0 amide bonds.